The third-order valence-corrected chi connectivity index (χ3v) is 9.15. The molecule has 0 radical (unpaired) electrons. The average molecular weight is 574 g/mol. The number of anilines is 1. The molecule has 0 aliphatic carbocycles. The van der Waals surface area contributed by atoms with Crippen LogP contribution in [-0.2, 0) is 10.0 Å². The van der Waals surface area contributed by atoms with Gasteiger partial charge in [0.2, 0.25) is 10.0 Å². The van der Waals surface area contributed by atoms with Crippen molar-refractivity contribution >= 4 is 49.9 Å². The van der Waals surface area contributed by atoms with Crippen LogP contribution in [0.25, 0.3) is 22.2 Å². The average Bonchev–Trinajstić information content (AvgIpc) is 3.19. The van der Waals surface area contributed by atoms with Crippen molar-refractivity contribution in [2.45, 2.75) is 20.0 Å². The van der Waals surface area contributed by atoms with Gasteiger partial charge in [0.15, 0.2) is 0 Å². The minimum Gasteiger partial charge on any atom is -0.486 e. The number of pyridine rings is 2. The van der Waals surface area contributed by atoms with Crippen LogP contribution >= 0.6 is 23.2 Å². The second-order valence-corrected chi connectivity index (χ2v) is 13.1. The molecule has 1 spiro atoms. The van der Waals surface area contributed by atoms with E-state index in [1.165, 1.54) is 10.6 Å². The van der Waals surface area contributed by atoms with Gasteiger partial charge in [-0.1, -0.05) is 23.2 Å². The Morgan fingerprint density at radius 3 is 2.42 bits per heavy atom. The van der Waals surface area contributed by atoms with Crippen LogP contribution in [0.2, 0.25) is 10.0 Å². The number of sulfonamides is 1. The molecule has 2 aliphatic rings. The second kappa shape index (κ2) is 9.08. The molecule has 198 valence electrons. The van der Waals surface area contributed by atoms with Crippen molar-refractivity contribution in [1.82, 2.24) is 24.5 Å². The number of ether oxygens (including phenoxy) is 1. The number of aryl methyl sites for hydroxylation is 1. The Morgan fingerprint density at radius 2 is 1.79 bits per heavy atom. The van der Waals surface area contributed by atoms with Crippen molar-refractivity contribution in [3.8, 4) is 17.0 Å². The fourth-order valence-corrected chi connectivity index (χ4v) is 7.02. The van der Waals surface area contributed by atoms with Crippen LogP contribution in [0.3, 0.4) is 0 Å². The summed E-state index contributed by atoms with van der Waals surface area (Å²) in [7, 11) is -3.11. The lowest BCUT2D eigenvalue weighted by Gasteiger charge is -2.59. The molecule has 0 saturated carbocycles. The highest BCUT2D eigenvalue weighted by atomic mass is 35.5. The molecule has 1 atom stereocenters. The van der Waals surface area contributed by atoms with Crippen LogP contribution in [0, 0.1) is 12.3 Å². The predicted molar refractivity (Wildman–Crippen MR) is 148 cm³/mol. The monoisotopic (exact) mass is 572 g/mol. The third kappa shape index (κ3) is 4.39. The van der Waals surface area contributed by atoms with Gasteiger partial charge in [0.1, 0.15) is 23.4 Å². The number of fused-ring (bicyclic) bond motifs is 1. The summed E-state index contributed by atoms with van der Waals surface area (Å²) >= 11 is 12.7. The number of benzene rings is 1. The summed E-state index contributed by atoms with van der Waals surface area (Å²) in [6.07, 6.45) is 5.81. The van der Waals surface area contributed by atoms with E-state index in [0.29, 0.717) is 34.4 Å². The molecule has 2 fully saturated rings. The van der Waals surface area contributed by atoms with E-state index in [-0.39, 0.29) is 11.5 Å². The summed E-state index contributed by atoms with van der Waals surface area (Å²) < 4.78 is 31.2. The maximum atomic E-state index is 11.7. The normalized spacial score (nSPS) is 17.9. The quantitative estimate of drug-likeness (QED) is 0.352. The predicted octanol–water partition coefficient (Wildman–Crippen LogP) is 4.86. The van der Waals surface area contributed by atoms with Gasteiger partial charge in [-0.25, -0.2) is 17.7 Å². The Morgan fingerprint density at radius 1 is 1.08 bits per heavy atom. The van der Waals surface area contributed by atoms with E-state index in [2.05, 4.69) is 25.1 Å². The van der Waals surface area contributed by atoms with Gasteiger partial charge in [0.25, 0.3) is 0 Å². The molecule has 38 heavy (non-hydrogen) atoms. The maximum absolute atomic E-state index is 11.7. The Kier molecular flexibility index (Phi) is 6.06. The highest BCUT2D eigenvalue weighted by Crippen LogP contribution is 2.43. The molecule has 1 aromatic carbocycles. The highest BCUT2D eigenvalue weighted by molar-refractivity contribution is 7.88. The van der Waals surface area contributed by atoms with E-state index in [4.69, 9.17) is 27.9 Å². The summed E-state index contributed by atoms with van der Waals surface area (Å²) in [6, 6.07) is 7.96. The standard InChI is InChI=1S/C26H26Cl2N6O3S/c1-15-6-21-18(7-22(15)37-16(2)24-19(27)9-29-10-20(24)28)25(32-31-21)17-4-5-23(30-8-17)33-11-26(12-33)13-34(14-26)38(3,35)36/h4-10,16H,11-14H2,1-3H3,(H,31,32)/t16-/m1/s1. The smallest absolute Gasteiger partial charge is 0.211 e. The van der Waals surface area contributed by atoms with Gasteiger partial charge in [0, 0.05) is 66.7 Å². The van der Waals surface area contributed by atoms with Crippen LogP contribution in [0.15, 0.2) is 42.9 Å². The fraction of sp³-hybridized carbons (Fsp3) is 0.346. The van der Waals surface area contributed by atoms with Gasteiger partial charge in [-0.05, 0) is 43.7 Å². The highest BCUT2D eigenvalue weighted by Gasteiger charge is 2.54. The number of hydrogen-bond donors (Lipinski definition) is 1. The summed E-state index contributed by atoms with van der Waals surface area (Å²) in [5.41, 5.74) is 4.24. The van der Waals surface area contributed by atoms with Crippen molar-refractivity contribution < 1.29 is 13.2 Å². The van der Waals surface area contributed by atoms with Crippen molar-refractivity contribution in [2.24, 2.45) is 5.41 Å². The molecule has 5 heterocycles. The minimum atomic E-state index is -3.11. The molecule has 12 heteroatoms. The first-order chi connectivity index (χ1) is 18.0. The molecule has 6 rings (SSSR count). The van der Waals surface area contributed by atoms with E-state index in [9.17, 15) is 8.42 Å². The molecule has 3 aromatic heterocycles. The van der Waals surface area contributed by atoms with E-state index < -0.39 is 10.0 Å². The Hall–Kier alpha value is -2.92. The van der Waals surface area contributed by atoms with Crippen LogP contribution < -0.4 is 9.64 Å². The van der Waals surface area contributed by atoms with Gasteiger partial charge >= 0.3 is 0 Å². The van der Waals surface area contributed by atoms with Crippen LogP contribution in [0.1, 0.15) is 24.2 Å². The maximum Gasteiger partial charge on any atom is 0.211 e. The molecule has 0 bridgehead atoms. The fourth-order valence-electron chi connectivity index (χ4n) is 5.33. The van der Waals surface area contributed by atoms with E-state index in [0.717, 1.165) is 46.6 Å². The molecule has 9 nitrogen and oxygen atoms in total. The Bertz CT molecular complexity index is 1620. The number of halogens is 2. The second-order valence-electron chi connectivity index (χ2n) is 10.3. The summed E-state index contributed by atoms with van der Waals surface area (Å²) in [5.74, 6) is 1.58. The Labute approximate surface area is 230 Å². The lowest BCUT2D eigenvalue weighted by Crippen LogP contribution is -2.73. The first kappa shape index (κ1) is 25.4. The number of nitrogens with zero attached hydrogens (tertiary/aromatic N) is 5. The zero-order valence-corrected chi connectivity index (χ0v) is 23.4. The van der Waals surface area contributed by atoms with Gasteiger partial charge in [-0.2, -0.15) is 5.10 Å². The van der Waals surface area contributed by atoms with Gasteiger partial charge in [-0.15, -0.1) is 0 Å². The lowest BCUT2D eigenvalue weighted by atomic mass is 9.74. The first-order valence-corrected chi connectivity index (χ1v) is 14.7. The van der Waals surface area contributed by atoms with Crippen molar-refractivity contribution in [1.29, 1.82) is 0 Å². The molecular formula is C26H26Cl2N6O3S. The number of rotatable bonds is 6. The number of H-pyrrole nitrogens is 1. The largest absolute Gasteiger partial charge is 0.486 e. The molecule has 0 amide bonds. The van der Waals surface area contributed by atoms with Crippen molar-refractivity contribution in [2.75, 3.05) is 37.3 Å². The Balaban J connectivity index is 1.20. The van der Waals surface area contributed by atoms with E-state index in [1.54, 1.807) is 12.4 Å². The number of nitrogens with one attached hydrogen (secondary N) is 1. The van der Waals surface area contributed by atoms with Gasteiger partial charge in [-0.3, -0.25) is 10.1 Å². The first-order valence-electron chi connectivity index (χ1n) is 12.1. The molecule has 4 aromatic rings. The van der Waals surface area contributed by atoms with Gasteiger partial charge < -0.3 is 9.64 Å². The summed E-state index contributed by atoms with van der Waals surface area (Å²) in [5, 5.41) is 9.49. The zero-order valence-electron chi connectivity index (χ0n) is 21.1. The molecular weight excluding hydrogens is 547 g/mol. The van der Waals surface area contributed by atoms with Gasteiger partial charge in [0.05, 0.1) is 21.8 Å². The summed E-state index contributed by atoms with van der Waals surface area (Å²) in [6.45, 7) is 6.66. The van der Waals surface area contributed by atoms with E-state index in [1.807, 2.05) is 44.3 Å². The van der Waals surface area contributed by atoms with Crippen LogP contribution in [-0.4, -0.2) is 65.3 Å². The SMILES string of the molecule is Cc1cc2[nH]nc(-c3ccc(N4CC5(C4)CN(S(C)(=O)=O)C5)nc3)c2cc1O[C@H](C)c1c(Cl)cncc1Cl. The topological polar surface area (TPSA) is 104 Å². The molecule has 2 aliphatic heterocycles. The number of aromatic amines is 1. The number of aromatic nitrogens is 4. The number of hydrogen-bond acceptors (Lipinski definition) is 7. The van der Waals surface area contributed by atoms with Crippen molar-refractivity contribution in [3.63, 3.8) is 0 Å². The molecule has 2 saturated heterocycles. The molecule has 1 N–H and O–H groups in total. The van der Waals surface area contributed by atoms with Crippen LogP contribution in [0.4, 0.5) is 5.82 Å². The van der Waals surface area contributed by atoms with Crippen molar-refractivity contribution in [3.05, 3.63) is 64.0 Å². The van der Waals surface area contributed by atoms with Crippen LogP contribution in [0.5, 0.6) is 5.75 Å². The van der Waals surface area contributed by atoms with E-state index >= 15 is 0 Å². The third-order valence-electron chi connectivity index (χ3n) is 7.35. The lowest BCUT2D eigenvalue weighted by molar-refractivity contribution is 0.0395. The molecule has 0 unspecified atom stereocenters. The minimum absolute atomic E-state index is 0.0535. The summed E-state index contributed by atoms with van der Waals surface area (Å²) in [4.78, 5) is 10.9. The zero-order chi connectivity index (χ0) is 26.8.